The van der Waals surface area contributed by atoms with Crippen LogP contribution in [0.4, 0.5) is 0 Å². The summed E-state index contributed by atoms with van der Waals surface area (Å²) in [5.74, 6) is 0.153. The lowest BCUT2D eigenvalue weighted by Crippen LogP contribution is -2.37. The van der Waals surface area contributed by atoms with Crippen LogP contribution in [0.5, 0.6) is 0 Å². The van der Waals surface area contributed by atoms with Gasteiger partial charge in [0.15, 0.2) is 9.84 Å². The van der Waals surface area contributed by atoms with Crippen molar-refractivity contribution in [2.75, 3.05) is 12.4 Å². The monoisotopic (exact) mass is 180 g/mol. The lowest BCUT2D eigenvalue weighted by molar-refractivity contribution is 0.258. The highest BCUT2D eigenvalue weighted by molar-refractivity contribution is 7.92. The van der Waals surface area contributed by atoms with Gasteiger partial charge >= 0.3 is 0 Å². The maximum Gasteiger partial charge on any atom is 0.157 e. The van der Waals surface area contributed by atoms with Gasteiger partial charge in [-0.3, -0.25) is 0 Å². The second-order valence-electron chi connectivity index (χ2n) is 3.24. The van der Waals surface area contributed by atoms with E-state index < -0.39 is 14.6 Å². The first-order chi connectivity index (χ1) is 4.87. The van der Waals surface area contributed by atoms with Gasteiger partial charge in [0.2, 0.25) is 0 Å². The number of aliphatic hydroxyl groups is 1. The van der Waals surface area contributed by atoms with Crippen molar-refractivity contribution in [3.05, 3.63) is 0 Å². The number of hydrogen-bond acceptors (Lipinski definition) is 3. The first-order valence-corrected chi connectivity index (χ1v) is 5.36. The molecule has 0 aromatic rings. The summed E-state index contributed by atoms with van der Waals surface area (Å²) in [6.45, 7) is 4.58. The summed E-state index contributed by atoms with van der Waals surface area (Å²) in [6, 6.07) is 0. The summed E-state index contributed by atoms with van der Waals surface area (Å²) in [7, 11) is -3.11. The second kappa shape index (κ2) is 3.54. The molecule has 0 spiro atoms. The molecule has 11 heavy (non-hydrogen) atoms. The van der Waals surface area contributed by atoms with E-state index in [4.69, 9.17) is 5.11 Å². The molecule has 0 aromatic heterocycles. The van der Waals surface area contributed by atoms with Crippen molar-refractivity contribution >= 4 is 9.84 Å². The van der Waals surface area contributed by atoms with Crippen molar-refractivity contribution in [3.8, 4) is 0 Å². The molecular weight excluding hydrogens is 164 g/mol. The fraction of sp³-hybridized carbons (Fsp3) is 1.00. The summed E-state index contributed by atoms with van der Waals surface area (Å²) in [6.07, 6.45) is 0.603. The van der Waals surface area contributed by atoms with E-state index in [1.165, 1.54) is 13.8 Å². The third-order valence-corrected chi connectivity index (χ3v) is 4.45. The highest BCUT2D eigenvalue weighted by atomic mass is 32.2. The van der Waals surface area contributed by atoms with Crippen molar-refractivity contribution in [3.63, 3.8) is 0 Å². The minimum Gasteiger partial charge on any atom is -0.395 e. The van der Waals surface area contributed by atoms with E-state index in [0.717, 1.165) is 0 Å². The van der Waals surface area contributed by atoms with Crippen LogP contribution in [0.3, 0.4) is 0 Å². The fourth-order valence-electron chi connectivity index (χ4n) is 0.643. The zero-order valence-electron chi connectivity index (χ0n) is 7.29. The summed E-state index contributed by atoms with van der Waals surface area (Å²) < 4.78 is 21.7. The first kappa shape index (κ1) is 10.9. The molecule has 0 saturated heterocycles. The molecule has 0 amide bonds. The zero-order chi connectivity index (χ0) is 9.12. The number of sulfone groups is 1. The Morgan fingerprint density at radius 1 is 1.36 bits per heavy atom. The minimum absolute atomic E-state index is 0.153. The van der Waals surface area contributed by atoms with E-state index in [1.807, 2.05) is 6.92 Å². The molecule has 0 aliphatic carbocycles. The van der Waals surface area contributed by atoms with Crippen LogP contribution in [-0.4, -0.2) is 30.6 Å². The van der Waals surface area contributed by atoms with E-state index in [-0.39, 0.29) is 12.4 Å². The van der Waals surface area contributed by atoms with Gasteiger partial charge < -0.3 is 5.11 Å². The number of hydrogen-bond donors (Lipinski definition) is 1. The van der Waals surface area contributed by atoms with Gasteiger partial charge in [-0.05, 0) is 20.3 Å². The Kier molecular flexibility index (Phi) is 3.51. The normalized spacial score (nSPS) is 13.5. The predicted molar refractivity (Wildman–Crippen MR) is 45.2 cm³/mol. The molecule has 0 saturated carbocycles. The maximum atomic E-state index is 11.3. The molecule has 0 fully saturated rings. The van der Waals surface area contributed by atoms with E-state index in [0.29, 0.717) is 6.42 Å². The molecule has 4 heteroatoms. The van der Waals surface area contributed by atoms with Gasteiger partial charge in [0.1, 0.15) is 0 Å². The van der Waals surface area contributed by atoms with Crippen molar-refractivity contribution in [2.45, 2.75) is 31.9 Å². The van der Waals surface area contributed by atoms with Gasteiger partial charge in [0.05, 0.1) is 17.1 Å². The van der Waals surface area contributed by atoms with Crippen molar-refractivity contribution in [1.82, 2.24) is 0 Å². The Balaban J connectivity index is 4.55. The Morgan fingerprint density at radius 2 is 1.82 bits per heavy atom. The molecule has 0 aromatic carbocycles. The lowest BCUT2D eigenvalue weighted by atomic mass is 10.2. The molecule has 0 aliphatic heterocycles. The molecule has 0 heterocycles. The van der Waals surface area contributed by atoms with Crippen LogP contribution in [0.1, 0.15) is 27.2 Å². The van der Waals surface area contributed by atoms with Gasteiger partial charge in [-0.2, -0.15) is 0 Å². The maximum absolute atomic E-state index is 11.3. The van der Waals surface area contributed by atoms with Crippen molar-refractivity contribution in [2.24, 2.45) is 0 Å². The average Bonchev–Trinajstić information content (AvgIpc) is 1.87. The first-order valence-electron chi connectivity index (χ1n) is 3.70. The van der Waals surface area contributed by atoms with E-state index in [9.17, 15) is 8.42 Å². The molecule has 0 bridgehead atoms. The van der Waals surface area contributed by atoms with E-state index in [2.05, 4.69) is 0 Å². The topological polar surface area (TPSA) is 54.4 Å². The molecule has 3 nitrogen and oxygen atoms in total. The summed E-state index contributed by atoms with van der Waals surface area (Å²) in [4.78, 5) is 0. The molecule has 1 N–H and O–H groups in total. The average molecular weight is 180 g/mol. The molecule has 0 radical (unpaired) electrons. The highest BCUT2D eigenvalue weighted by Crippen LogP contribution is 2.16. The SMILES string of the molecule is CCCS(=O)(=O)C(C)(C)CO. The van der Waals surface area contributed by atoms with Crippen LogP contribution in [0, 0.1) is 0 Å². The Labute approximate surface area is 68.3 Å². The van der Waals surface area contributed by atoms with Crippen LogP contribution in [-0.2, 0) is 9.84 Å². The third-order valence-electron chi connectivity index (χ3n) is 1.70. The van der Waals surface area contributed by atoms with E-state index in [1.54, 1.807) is 0 Å². The zero-order valence-corrected chi connectivity index (χ0v) is 8.11. The second-order valence-corrected chi connectivity index (χ2v) is 5.98. The predicted octanol–water partition coefficient (Wildman–Crippen LogP) is 0.582. The van der Waals surface area contributed by atoms with Gasteiger partial charge in [0.25, 0.3) is 0 Å². The molecule has 0 unspecified atom stereocenters. The van der Waals surface area contributed by atoms with Gasteiger partial charge in [0, 0.05) is 0 Å². The lowest BCUT2D eigenvalue weighted by Gasteiger charge is -2.21. The highest BCUT2D eigenvalue weighted by Gasteiger charge is 2.32. The van der Waals surface area contributed by atoms with Gasteiger partial charge in [-0.25, -0.2) is 8.42 Å². The largest absolute Gasteiger partial charge is 0.395 e. The van der Waals surface area contributed by atoms with Crippen LogP contribution in [0.15, 0.2) is 0 Å². The third kappa shape index (κ3) is 2.45. The van der Waals surface area contributed by atoms with E-state index >= 15 is 0 Å². The molecule has 0 aliphatic rings. The summed E-state index contributed by atoms with van der Waals surface area (Å²) >= 11 is 0. The van der Waals surface area contributed by atoms with Crippen LogP contribution < -0.4 is 0 Å². The van der Waals surface area contributed by atoms with Crippen LogP contribution in [0.2, 0.25) is 0 Å². The van der Waals surface area contributed by atoms with Gasteiger partial charge in [-0.1, -0.05) is 6.92 Å². The van der Waals surface area contributed by atoms with Gasteiger partial charge in [-0.15, -0.1) is 0 Å². The molecule has 0 rings (SSSR count). The van der Waals surface area contributed by atoms with Crippen molar-refractivity contribution < 1.29 is 13.5 Å². The standard InChI is InChI=1S/C7H16O3S/c1-4-5-11(9,10)7(2,3)6-8/h8H,4-6H2,1-3H3. The molecular formula is C7H16O3S. The molecule has 68 valence electrons. The van der Waals surface area contributed by atoms with Crippen LogP contribution >= 0.6 is 0 Å². The van der Waals surface area contributed by atoms with Crippen LogP contribution in [0.25, 0.3) is 0 Å². The molecule has 0 atom stereocenters. The number of aliphatic hydroxyl groups excluding tert-OH is 1. The Hall–Kier alpha value is -0.0900. The summed E-state index contributed by atoms with van der Waals surface area (Å²) in [5.41, 5.74) is 0. The fourth-order valence-corrected chi connectivity index (χ4v) is 1.93. The quantitative estimate of drug-likeness (QED) is 0.688. The minimum atomic E-state index is -3.11. The Bertz CT molecular complexity index is 204. The Morgan fingerprint density at radius 3 is 2.09 bits per heavy atom. The smallest absolute Gasteiger partial charge is 0.157 e. The summed E-state index contributed by atoms with van der Waals surface area (Å²) in [5, 5.41) is 8.78. The van der Waals surface area contributed by atoms with Crippen molar-refractivity contribution in [1.29, 1.82) is 0 Å². The number of rotatable bonds is 4.